The first-order valence-corrected chi connectivity index (χ1v) is 6.40. The van der Waals surface area contributed by atoms with Gasteiger partial charge in [0, 0.05) is 23.3 Å². The maximum atomic E-state index is 11.8. The fourth-order valence-electron chi connectivity index (χ4n) is 1.90. The predicted molar refractivity (Wildman–Crippen MR) is 66.5 cm³/mol. The normalized spacial score (nSPS) is 21.4. The van der Waals surface area contributed by atoms with Gasteiger partial charge >= 0.3 is 0 Å². The van der Waals surface area contributed by atoms with E-state index in [1.807, 2.05) is 0 Å². The number of halogens is 1. The molecule has 1 amide bonds. The van der Waals surface area contributed by atoms with Crippen LogP contribution >= 0.6 is 15.9 Å². The van der Waals surface area contributed by atoms with Gasteiger partial charge in [0.25, 0.3) is 5.91 Å². The van der Waals surface area contributed by atoms with Crippen molar-refractivity contribution in [3.63, 3.8) is 0 Å². The molecule has 1 aromatic rings. The quantitative estimate of drug-likeness (QED) is 0.774. The molecule has 1 saturated heterocycles. The molecule has 4 nitrogen and oxygen atoms in total. The van der Waals surface area contributed by atoms with Gasteiger partial charge in [0.1, 0.15) is 5.69 Å². The first kappa shape index (κ1) is 11.7. The monoisotopic (exact) mass is 285 g/mol. The van der Waals surface area contributed by atoms with Crippen molar-refractivity contribution in [2.45, 2.75) is 25.3 Å². The summed E-state index contributed by atoms with van der Waals surface area (Å²) >= 11 is 3.31. The van der Waals surface area contributed by atoms with Crippen molar-refractivity contribution >= 4 is 21.8 Å². The van der Waals surface area contributed by atoms with Crippen LogP contribution in [0.2, 0.25) is 0 Å². The van der Waals surface area contributed by atoms with Crippen molar-refractivity contribution in [3.8, 4) is 0 Å². The lowest BCUT2D eigenvalue weighted by molar-refractivity contribution is 0.0931. The van der Waals surface area contributed by atoms with Crippen LogP contribution in [0.4, 0.5) is 0 Å². The molecule has 1 fully saturated rings. The Kier molecular flexibility index (Phi) is 4.01. The maximum absolute atomic E-state index is 11.8. The Morgan fingerprint density at radius 3 is 3.12 bits per heavy atom. The van der Waals surface area contributed by atoms with Crippen LogP contribution in [0.5, 0.6) is 0 Å². The SMILES string of the molecule is O=C(NC1CCCCNC1)c1cc(Br)c[nH]1. The van der Waals surface area contributed by atoms with Crippen LogP contribution in [-0.4, -0.2) is 30.0 Å². The van der Waals surface area contributed by atoms with E-state index in [1.54, 1.807) is 12.3 Å². The molecule has 88 valence electrons. The van der Waals surface area contributed by atoms with Gasteiger partial charge in [-0.25, -0.2) is 0 Å². The fourth-order valence-corrected chi connectivity index (χ4v) is 2.25. The standard InChI is InChI=1S/C11H16BrN3O/c12-8-5-10(14-6-8)11(16)15-9-3-1-2-4-13-7-9/h5-6,9,13-14H,1-4,7H2,(H,15,16). The lowest BCUT2D eigenvalue weighted by Gasteiger charge is -2.15. The summed E-state index contributed by atoms with van der Waals surface area (Å²) in [6, 6.07) is 2.04. The molecule has 2 rings (SSSR count). The summed E-state index contributed by atoms with van der Waals surface area (Å²) in [5.41, 5.74) is 0.608. The lowest BCUT2D eigenvalue weighted by atomic mass is 10.1. The zero-order valence-electron chi connectivity index (χ0n) is 9.05. The van der Waals surface area contributed by atoms with Gasteiger partial charge in [-0.2, -0.15) is 0 Å². The Balaban J connectivity index is 1.90. The number of carbonyl (C=O) groups excluding carboxylic acids is 1. The third-order valence-electron chi connectivity index (χ3n) is 2.77. The molecule has 16 heavy (non-hydrogen) atoms. The number of aromatic nitrogens is 1. The first-order valence-electron chi connectivity index (χ1n) is 5.61. The molecule has 0 spiro atoms. The summed E-state index contributed by atoms with van der Waals surface area (Å²) in [6.45, 7) is 1.92. The van der Waals surface area contributed by atoms with E-state index in [4.69, 9.17) is 0 Å². The molecular formula is C11H16BrN3O. The number of amides is 1. The molecule has 1 aromatic heterocycles. The van der Waals surface area contributed by atoms with Crippen LogP contribution in [0, 0.1) is 0 Å². The molecule has 0 aromatic carbocycles. The molecule has 1 atom stereocenters. The van der Waals surface area contributed by atoms with E-state index in [9.17, 15) is 4.79 Å². The fraction of sp³-hybridized carbons (Fsp3) is 0.545. The smallest absolute Gasteiger partial charge is 0.267 e. The minimum absolute atomic E-state index is 0.0283. The minimum Gasteiger partial charge on any atom is -0.356 e. The van der Waals surface area contributed by atoms with Crippen LogP contribution in [-0.2, 0) is 0 Å². The molecule has 1 aliphatic rings. The second-order valence-electron chi connectivity index (χ2n) is 4.10. The summed E-state index contributed by atoms with van der Waals surface area (Å²) in [5.74, 6) is -0.0283. The molecule has 1 unspecified atom stereocenters. The Labute approximate surface area is 103 Å². The van der Waals surface area contributed by atoms with E-state index in [2.05, 4.69) is 31.5 Å². The maximum Gasteiger partial charge on any atom is 0.267 e. The number of rotatable bonds is 2. The second-order valence-corrected chi connectivity index (χ2v) is 5.02. The minimum atomic E-state index is -0.0283. The average molecular weight is 286 g/mol. The number of hydrogen-bond acceptors (Lipinski definition) is 2. The second kappa shape index (κ2) is 5.50. The van der Waals surface area contributed by atoms with E-state index in [0.29, 0.717) is 5.69 Å². The third kappa shape index (κ3) is 3.09. The molecular weight excluding hydrogens is 270 g/mol. The van der Waals surface area contributed by atoms with Crippen molar-refractivity contribution < 1.29 is 4.79 Å². The van der Waals surface area contributed by atoms with Crippen LogP contribution in [0.3, 0.4) is 0 Å². The number of H-pyrrole nitrogens is 1. The van der Waals surface area contributed by atoms with E-state index in [-0.39, 0.29) is 11.9 Å². The van der Waals surface area contributed by atoms with E-state index < -0.39 is 0 Å². The summed E-state index contributed by atoms with van der Waals surface area (Å²) in [4.78, 5) is 14.8. The molecule has 0 radical (unpaired) electrons. The van der Waals surface area contributed by atoms with Crippen molar-refractivity contribution in [1.82, 2.24) is 15.6 Å². The summed E-state index contributed by atoms with van der Waals surface area (Å²) in [5, 5.41) is 6.36. The average Bonchev–Trinajstić information content (AvgIpc) is 2.54. The van der Waals surface area contributed by atoms with Crippen molar-refractivity contribution in [3.05, 3.63) is 22.4 Å². The summed E-state index contributed by atoms with van der Waals surface area (Å²) in [7, 11) is 0. The van der Waals surface area contributed by atoms with E-state index in [1.165, 1.54) is 12.8 Å². The van der Waals surface area contributed by atoms with Crippen LogP contribution in [0.25, 0.3) is 0 Å². The largest absolute Gasteiger partial charge is 0.356 e. The van der Waals surface area contributed by atoms with Gasteiger partial charge in [0.15, 0.2) is 0 Å². The van der Waals surface area contributed by atoms with Gasteiger partial charge in [0.2, 0.25) is 0 Å². The molecule has 5 heteroatoms. The van der Waals surface area contributed by atoms with E-state index >= 15 is 0 Å². The Hall–Kier alpha value is -0.810. The number of aromatic amines is 1. The van der Waals surface area contributed by atoms with Crippen molar-refractivity contribution in [2.24, 2.45) is 0 Å². The molecule has 0 bridgehead atoms. The Morgan fingerprint density at radius 1 is 1.50 bits per heavy atom. The van der Waals surface area contributed by atoms with Gasteiger partial charge in [-0.15, -0.1) is 0 Å². The van der Waals surface area contributed by atoms with Gasteiger partial charge in [-0.05, 0) is 41.4 Å². The lowest BCUT2D eigenvalue weighted by Crippen LogP contribution is -2.40. The Morgan fingerprint density at radius 2 is 2.38 bits per heavy atom. The molecule has 2 heterocycles. The van der Waals surface area contributed by atoms with Gasteiger partial charge in [-0.1, -0.05) is 6.42 Å². The van der Waals surface area contributed by atoms with Crippen molar-refractivity contribution in [2.75, 3.05) is 13.1 Å². The zero-order valence-corrected chi connectivity index (χ0v) is 10.6. The summed E-state index contributed by atoms with van der Waals surface area (Å²) < 4.78 is 0.900. The van der Waals surface area contributed by atoms with Crippen molar-refractivity contribution in [1.29, 1.82) is 0 Å². The van der Waals surface area contributed by atoms with Crippen LogP contribution in [0.15, 0.2) is 16.7 Å². The van der Waals surface area contributed by atoms with Gasteiger partial charge < -0.3 is 15.6 Å². The highest BCUT2D eigenvalue weighted by Gasteiger charge is 2.16. The number of nitrogens with one attached hydrogen (secondary N) is 3. The number of hydrogen-bond donors (Lipinski definition) is 3. The number of carbonyl (C=O) groups is 1. The Bertz CT molecular complexity index is 356. The summed E-state index contributed by atoms with van der Waals surface area (Å²) in [6.07, 6.45) is 5.19. The van der Waals surface area contributed by atoms with Crippen LogP contribution < -0.4 is 10.6 Å². The third-order valence-corrected chi connectivity index (χ3v) is 3.23. The first-order chi connectivity index (χ1) is 7.75. The highest BCUT2D eigenvalue weighted by molar-refractivity contribution is 9.10. The topological polar surface area (TPSA) is 56.9 Å². The van der Waals surface area contributed by atoms with E-state index in [0.717, 1.165) is 24.0 Å². The highest BCUT2D eigenvalue weighted by atomic mass is 79.9. The predicted octanol–water partition coefficient (Wildman–Crippen LogP) is 1.65. The van der Waals surface area contributed by atoms with Gasteiger partial charge in [0.05, 0.1) is 0 Å². The van der Waals surface area contributed by atoms with Gasteiger partial charge in [-0.3, -0.25) is 4.79 Å². The molecule has 3 N–H and O–H groups in total. The molecule has 1 aliphatic heterocycles. The molecule has 0 saturated carbocycles. The zero-order chi connectivity index (χ0) is 11.4. The highest BCUT2D eigenvalue weighted by Crippen LogP contribution is 2.11. The molecule has 0 aliphatic carbocycles. The van der Waals surface area contributed by atoms with Crippen LogP contribution in [0.1, 0.15) is 29.8 Å².